The van der Waals surface area contributed by atoms with Crippen LogP contribution in [0.2, 0.25) is 0 Å². The van der Waals surface area contributed by atoms with Crippen LogP contribution in [0.15, 0.2) is 36.4 Å². The van der Waals surface area contributed by atoms with E-state index in [9.17, 15) is 14.9 Å². The number of methoxy groups -OCH3 is 2. The number of hydrogen-bond donors (Lipinski definition) is 1. The van der Waals surface area contributed by atoms with Crippen molar-refractivity contribution in [1.82, 2.24) is 0 Å². The van der Waals surface area contributed by atoms with Crippen LogP contribution in [0.5, 0.6) is 17.2 Å². The molecule has 132 valence electrons. The maximum atomic E-state index is 12.5. The Labute approximate surface area is 144 Å². The van der Waals surface area contributed by atoms with Gasteiger partial charge in [0.15, 0.2) is 0 Å². The molecule has 0 aromatic heterocycles. The van der Waals surface area contributed by atoms with E-state index >= 15 is 0 Å². The monoisotopic (exact) mass is 346 g/mol. The largest absolute Gasteiger partial charge is 0.497 e. The lowest BCUT2D eigenvalue weighted by Crippen LogP contribution is -2.14. The molecule has 0 saturated carbocycles. The zero-order valence-electron chi connectivity index (χ0n) is 14.1. The highest BCUT2D eigenvalue weighted by molar-refractivity contribution is 6.07. The number of carbonyl (C=O) groups excluding carboxylic acids is 1. The van der Waals surface area contributed by atoms with Crippen molar-refractivity contribution < 1.29 is 23.9 Å². The molecular weight excluding hydrogens is 328 g/mol. The van der Waals surface area contributed by atoms with Crippen molar-refractivity contribution >= 4 is 17.3 Å². The molecular formula is C17H18N2O6. The molecule has 8 nitrogen and oxygen atoms in total. The molecule has 1 amide bonds. The van der Waals surface area contributed by atoms with Crippen molar-refractivity contribution in [3.63, 3.8) is 0 Å². The summed E-state index contributed by atoms with van der Waals surface area (Å²) in [5.74, 6) is 0.645. The number of ether oxygens (including phenoxy) is 3. The van der Waals surface area contributed by atoms with Crippen molar-refractivity contribution in [2.75, 3.05) is 26.1 Å². The number of nitrogens with zero attached hydrogens (tertiary/aromatic N) is 1. The minimum Gasteiger partial charge on any atom is -0.497 e. The van der Waals surface area contributed by atoms with Crippen LogP contribution in [0, 0.1) is 10.1 Å². The van der Waals surface area contributed by atoms with E-state index in [4.69, 9.17) is 14.2 Å². The van der Waals surface area contributed by atoms with Gasteiger partial charge in [-0.1, -0.05) is 0 Å². The van der Waals surface area contributed by atoms with E-state index in [1.165, 1.54) is 32.4 Å². The molecule has 0 atom stereocenters. The molecule has 0 saturated heterocycles. The molecule has 0 bridgehead atoms. The van der Waals surface area contributed by atoms with Crippen LogP contribution in [0.25, 0.3) is 0 Å². The summed E-state index contributed by atoms with van der Waals surface area (Å²) in [4.78, 5) is 23.2. The molecule has 0 aliphatic carbocycles. The third kappa shape index (κ3) is 4.17. The van der Waals surface area contributed by atoms with E-state index in [-0.39, 0.29) is 16.9 Å². The Kier molecular flexibility index (Phi) is 5.78. The Morgan fingerprint density at radius 1 is 1.12 bits per heavy atom. The first-order chi connectivity index (χ1) is 12.0. The topological polar surface area (TPSA) is 99.9 Å². The third-order valence-corrected chi connectivity index (χ3v) is 3.38. The van der Waals surface area contributed by atoms with Gasteiger partial charge in [0.25, 0.3) is 11.6 Å². The van der Waals surface area contributed by atoms with E-state index < -0.39 is 10.8 Å². The second kappa shape index (κ2) is 8.00. The molecule has 0 spiro atoms. The van der Waals surface area contributed by atoms with Gasteiger partial charge in [-0.2, -0.15) is 0 Å². The maximum absolute atomic E-state index is 12.5. The molecule has 2 rings (SSSR count). The standard InChI is InChI=1S/C17H18N2O6/c1-4-25-12-6-8-14(15(9-12)19(21)22)18-17(20)13-7-5-11(23-2)10-16(13)24-3/h5-10H,4H2,1-3H3,(H,18,20). The minimum atomic E-state index is -0.580. The Balaban J connectivity index is 2.33. The molecule has 8 heteroatoms. The average Bonchev–Trinajstić information content (AvgIpc) is 2.62. The Hall–Kier alpha value is -3.29. The lowest BCUT2D eigenvalue weighted by molar-refractivity contribution is -0.384. The van der Waals surface area contributed by atoms with E-state index in [0.717, 1.165) is 0 Å². The van der Waals surface area contributed by atoms with Gasteiger partial charge in [0, 0.05) is 6.07 Å². The second-order valence-corrected chi connectivity index (χ2v) is 4.89. The van der Waals surface area contributed by atoms with Crippen LogP contribution in [-0.2, 0) is 0 Å². The first kappa shape index (κ1) is 18.1. The van der Waals surface area contributed by atoms with Crippen molar-refractivity contribution in [2.45, 2.75) is 6.92 Å². The fraction of sp³-hybridized carbons (Fsp3) is 0.235. The lowest BCUT2D eigenvalue weighted by atomic mass is 10.1. The van der Waals surface area contributed by atoms with Crippen LogP contribution in [-0.4, -0.2) is 31.7 Å². The first-order valence-electron chi connectivity index (χ1n) is 7.44. The van der Waals surface area contributed by atoms with Gasteiger partial charge in [-0.15, -0.1) is 0 Å². The van der Waals surface area contributed by atoms with Gasteiger partial charge < -0.3 is 19.5 Å². The highest BCUT2D eigenvalue weighted by Crippen LogP contribution is 2.31. The summed E-state index contributed by atoms with van der Waals surface area (Å²) >= 11 is 0. The quantitative estimate of drug-likeness (QED) is 0.610. The van der Waals surface area contributed by atoms with Gasteiger partial charge in [0.05, 0.1) is 37.4 Å². The average molecular weight is 346 g/mol. The molecule has 2 aromatic rings. The molecule has 25 heavy (non-hydrogen) atoms. The van der Waals surface area contributed by atoms with Crippen LogP contribution in [0.4, 0.5) is 11.4 Å². The van der Waals surface area contributed by atoms with Crippen molar-refractivity contribution in [1.29, 1.82) is 0 Å². The Morgan fingerprint density at radius 2 is 1.84 bits per heavy atom. The zero-order chi connectivity index (χ0) is 18.4. The Bertz CT molecular complexity index is 791. The van der Waals surface area contributed by atoms with E-state index in [1.54, 1.807) is 25.1 Å². The molecule has 1 N–H and O–H groups in total. The number of hydrogen-bond acceptors (Lipinski definition) is 6. The summed E-state index contributed by atoms with van der Waals surface area (Å²) in [7, 11) is 2.92. The zero-order valence-corrected chi connectivity index (χ0v) is 14.1. The molecule has 2 aromatic carbocycles. The number of carbonyl (C=O) groups is 1. The summed E-state index contributed by atoms with van der Waals surface area (Å²) < 4.78 is 15.5. The smallest absolute Gasteiger partial charge is 0.296 e. The van der Waals surface area contributed by atoms with E-state index in [1.807, 2.05) is 0 Å². The summed E-state index contributed by atoms with van der Waals surface area (Å²) in [6.45, 7) is 2.16. The molecule has 0 aliphatic heterocycles. The molecule has 0 heterocycles. The molecule has 0 aliphatic rings. The minimum absolute atomic E-state index is 0.0660. The molecule has 0 radical (unpaired) electrons. The number of benzene rings is 2. The highest BCUT2D eigenvalue weighted by atomic mass is 16.6. The predicted octanol–water partition coefficient (Wildman–Crippen LogP) is 3.26. The van der Waals surface area contributed by atoms with Gasteiger partial charge >= 0.3 is 0 Å². The molecule has 0 fully saturated rings. The number of nitro groups is 1. The fourth-order valence-electron chi connectivity index (χ4n) is 2.20. The van der Waals surface area contributed by atoms with Gasteiger partial charge in [-0.05, 0) is 31.2 Å². The molecule has 0 unspecified atom stereocenters. The number of nitro benzene ring substituents is 1. The number of anilines is 1. The van der Waals surface area contributed by atoms with Gasteiger partial charge in [-0.25, -0.2) is 0 Å². The van der Waals surface area contributed by atoms with E-state index in [2.05, 4.69) is 5.32 Å². The second-order valence-electron chi connectivity index (χ2n) is 4.89. The summed E-state index contributed by atoms with van der Waals surface area (Å²) in [6, 6.07) is 8.93. The highest BCUT2D eigenvalue weighted by Gasteiger charge is 2.20. The number of rotatable bonds is 7. The van der Waals surface area contributed by atoms with Crippen molar-refractivity contribution in [2.24, 2.45) is 0 Å². The van der Waals surface area contributed by atoms with Gasteiger partial charge in [0.2, 0.25) is 0 Å². The number of nitrogens with one attached hydrogen (secondary N) is 1. The fourth-order valence-corrected chi connectivity index (χ4v) is 2.20. The van der Waals surface area contributed by atoms with Crippen LogP contribution in [0.1, 0.15) is 17.3 Å². The van der Waals surface area contributed by atoms with Gasteiger partial charge in [0.1, 0.15) is 22.9 Å². The summed E-state index contributed by atoms with van der Waals surface area (Å²) in [6.07, 6.45) is 0. The Morgan fingerprint density at radius 3 is 2.44 bits per heavy atom. The maximum Gasteiger partial charge on any atom is 0.296 e. The third-order valence-electron chi connectivity index (χ3n) is 3.38. The van der Waals surface area contributed by atoms with Crippen LogP contribution >= 0.6 is 0 Å². The lowest BCUT2D eigenvalue weighted by Gasteiger charge is -2.11. The van der Waals surface area contributed by atoms with Crippen LogP contribution < -0.4 is 19.5 Å². The SMILES string of the molecule is CCOc1ccc(NC(=O)c2ccc(OC)cc2OC)c([N+](=O)[O-])c1. The number of amides is 1. The van der Waals surface area contributed by atoms with Crippen molar-refractivity contribution in [3.05, 3.63) is 52.1 Å². The summed E-state index contributed by atoms with van der Waals surface area (Å²) in [5, 5.41) is 13.8. The van der Waals surface area contributed by atoms with Crippen LogP contribution in [0.3, 0.4) is 0 Å². The normalized spacial score (nSPS) is 10.0. The van der Waals surface area contributed by atoms with Crippen molar-refractivity contribution in [3.8, 4) is 17.2 Å². The van der Waals surface area contributed by atoms with Gasteiger partial charge in [-0.3, -0.25) is 14.9 Å². The first-order valence-corrected chi connectivity index (χ1v) is 7.44. The summed E-state index contributed by atoms with van der Waals surface area (Å²) in [5.41, 5.74) is 0.0367. The van der Waals surface area contributed by atoms with E-state index in [0.29, 0.717) is 23.9 Å². The predicted molar refractivity (Wildman–Crippen MR) is 91.8 cm³/mol.